The van der Waals surface area contributed by atoms with Gasteiger partial charge in [-0.15, -0.1) is 0 Å². The maximum absolute atomic E-state index is 12.4. The summed E-state index contributed by atoms with van der Waals surface area (Å²) in [5, 5.41) is 3.30. The molecular formula is C15H16BrF2NO2. The first-order valence-electron chi connectivity index (χ1n) is 6.52. The number of halogens is 3. The molecule has 0 fully saturated rings. The highest BCUT2D eigenvalue weighted by atomic mass is 79.9. The summed E-state index contributed by atoms with van der Waals surface area (Å²) < 4.78 is 35.5. The van der Waals surface area contributed by atoms with Crippen LogP contribution >= 0.6 is 15.9 Å². The molecule has 0 bridgehead atoms. The van der Waals surface area contributed by atoms with Gasteiger partial charge in [-0.25, -0.2) is 0 Å². The summed E-state index contributed by atoms with van der Waals surface area (Å²) in [5.41, 5.74) is 0.676. The minimum absolute atomic E-state index is 0.0640. The fraction of sp³-hybridized carbons (Fsp3) is 0.333. The third kappa shape index (κ3) is 4.28. The Morgan fingerprint density at radius 1 is 1.10 bits per heavy atom. The van der Waals surface area contributed by atoms with Crippen LogP contribution in [0.3, 0.4) is 0 Å². The minimum Gasteiger partial charge on any atom is -0.453 e. The number of furan rings is 1. The summed E-state index contributed by atoms with van der Waals surface area (Å²) in [6, 6.07) is 10.2. The van der Waals surface area contributed by atoms with Crippen LogP contribution in [0.4, 0.5) is 8.78 Å². The van der Waals surface area contributed by atoms with Gasteiger partial charge in [-0.05, 0) is 48.0 Å². The maximum Gasteiger partial charge on any atom is 0.387 e. The first kappa shape index (κ1) is 16.0. The molecule has 2 rings (SSSR count). The van der Waals surface area contributed by atoms with Crippen molar-refractivity contribution in [1.82, 2.24) is 5.32 Å². The lowest BCUT2D eigenvalue weighted by molar-refractivity contribution is -0.0507. The van der Waals surface area contributed by atoms with Gasteiger partial charge in [0.1, 0.15) is 11.5 Å². The van der Waals surface area contributed by atoms with Crippen molar-refractivity contribution < 1.29 is 17.9 Å². The second-order valence-corrected chi connectivity index (χ2v) is 5.45. The van der Waals surface area contributed by atoms with E-state index in [0.29, 0.717) is 10.2 Å². The Hall–Kier alpha value is -1.40. The van der Waals surface area contributed by atoms with E-state index < -0.39 is 6.61 Å². The lowest BCUT2D eigenvalue weighted by Crippen LogP contribution is -2.23. The van der Waals surface area contributed by atoms with Gasteiger partial charge in [-0.1, -0.05) is 18.2 Å². The Kier molecular flexibility index (Phi) is 5.36. The Morgan fingerprint density at radius 3 is 2.43 bits per heavy atom. The van der Waals surface area contributed by atoms with Crippen LogP contribution < -0.4 is 10.1 Å². The number of hydrogen-bond donors (Lipinski definition) is 1. The molecule has 0 spiro atoms. The van der Waals surface area contributed by atoms with Crippen LogP contribution in [0.15, 0.2) is 45.5 Å². The third-order valence-electron chi connectivity index (χ3n) is 3.12. The quantitative estimate of drug-likeness (QED) is 0.782. The molecule has 21 heavy (non-hydrogen) atoms. The first-order valence-corrected chi connectivity index (χ1v) is 7.31. The number of rotatable bonds is 6. The van der Waals surface area contributed by atoms with Crippen LogP contribution in [-0.2, 0) is 0 Å². The van der Waals surface area contributed by atoms with E-state index in [1.54, 1.807) is 18.2 Å². The Morgan fingerprint density at radius 2 is 1.81 bits per heavy atom. The number of alkyl halides is 2. The number of nitrogens with one attached hydrogen (secondary N) is 1. The van der Waals surface area contributed by atoms with Crippen molar-refractivity contribution in [2.45, 2.75) is 32.5 Å². The smallest absolute Gasteiger partial charge is 0.387 e. The van der Waals surface area contributed by atoms with E-state index in [4.69, 9.17) is 4.42 Å². The van der Waals surface area contributed by atoms with Crippen LogP contribution in [0, 0.1) is 0 Å². The molecule has 0 radical (unpaired) electrons. The van der Waals surface area contributed by atoms with E-state index in [9.17, 15) is 8.78 Å². The highest BCUT2D eigenvalue weighted by molar-refractivity contribution is 9.10. The van der Waals surface area contributed by atoms with Gasteiger partial charge in [0.05, 0.1) is 6.04 Å². The van der Waals surface area contributed by atoms with Gasteiger partial charge in [0.25, 0.3) is 0 Å². The molecule has 2 aromatic rings. The minimum atomic E-state index is -2.84. The summed E-state index contributed by atoms with van der Waals surface area (Å²) in [7, 11) is 0. The van der Waals surface area contributed by atoms with E-state index in [1.165, 1.54) is 6.07 Å². The molecule has 1 N–H and O–H groups in total. The van der Waals surface area contributed by atoms with Gasteiger partial charge >= 0.3 is 6.61 Å². The lowest BCUT2D eigenvalue weighted by atomic mass is 10.1. The van der Waals surface area contributed by atoms with Crippen LogP contribution in [0.25, 0.3) is 0 Å². The molecule has 1 aromatic heterocycles. The highest BCUT2D eigenvalue weighted by Gasteiger charge is 2.18. The Balaban J connectivity index is 2.11. The molecule has 1 heterocycles. The molecule has 3 nitrogen and oxygen atoms in total. The Bertz CT molecular complexity index is 589. The third-order valence-corrected chi connectivity index (χ3v) is 3.55. The van der Waals surface area contributed by atoms with Crippen molar-refractivity contribution in [2.24, 2.45) is 0 Å². The summed E-state index contributed by atoms with van der Waals surface area (Å²) in [6.45, 7) is 0.998. The molecule has 0 amide bonds. The average Bonchev–Trinajstić information content (AvgIpc) is 2.85. The number of benzene rings is 1. The fourth-order valence-electron chi connectivity index (χ4n) is 2.15. The monoisotopic (exact) mass is 359 g/mol. The van der Waals surface area contributed by atoms with Crippen molar-refractivity contribution in [3.63, 3.8) is 0 Å². The molecule has 0 saturated carbocycles. The summed E-state index contributed by atoms with van der Waals surface area (Å²) >= 11 is 3.25. The van der Waals surface area contributed by atoms with Crippen molar-refractivity contribution in [1.29, 1.82) is 0 Å². The second-order valence-electron chi connectivity index (χ2n) is 4.67. The van der Waals surface area contributed by atoms with E-state index in [-0.39, 0.29) is 17.8 Å². The van der Waals surface area contributed by atoms with Gasteiger partial charge in [0.2, 0.25) is 0 Å². The maximum atomic E-state index is 12.4. The standard InChI is InChI=1S/C15H16BrF2NO2/c1-9(19-10(2)12-7-8-14(16)20-12)11-5-3-4-6-13(11)21-15(17)18/h3-10,15,19H,1-2H3. The largest absolute Gasteiger partial charge is 0.453 e. The zero-order chi connectivity index (χ0) is 15.4. The highest BCUT2D eigenvalue weighted by Crippen LogP contribution is 2.29. The summed E-state index contributed by atoms with van der Waals surface area (Å²) in [6.07, 6.45) is 0. The van der Waals surface area contributed by atoms with Crippen LogP contribution in [0.1, 0.15) is 37.3 Å². The number of para-hydroxylation sites is 1. The van der Waals surface area contributed by atoms with E-state index >= 15 is 0 Å². The average molecular weight is 360 g/mol. The van der Waals surface area contributed by atoms with Gasteiger partial charge in [-0.2, -0.15) is 8.78 Å². The molecule has 1 aromatic carbocycles. The SMILES string of the molecule is CC(NC(C)c1ccccc1OC(F)F)c1ccc(Br)o1. The first-order chi connectivity index (χ1) is 9.97. The number of hydrogen-bond acceptors (Lipinski definition) is 3. The van der Waals surface area contributed by atoms with Crippen molar-refractivity contribution in [3.8, 4) is 5.75 Å². The van der Waals surface area contributed by atoms with Gasteiger partial charge < -0.3 is 14.5 Å². The van der Waals surface area contributed by atoms with E-state index in [2.05, 4.69) is 26.0 Å². The molecular weight excluding hydrogens is 344 g/mol. The normalized spacial score (nSPS) is 14.2. The molecule has 114 valence electrons. The molecule has 0 aliphatic rings. The fourth-order valence-corrected chi connectivity index (χ4v) is 2.47. The van der Waals surface area contributed by atoms with E-state index in [1.807, 2.05) is 26.0 Å². The zero-order valence-electron chi connectivity index (χ0n) is 11.6. The Labute approximate surface area is 130 Å². The molecule has 2 atom stereocenters. The molecule has 6 heteroatoms. The molecule has 0 saturated heterocycles. The zero-order valence-corrected chi connectivity index (χ0v) is 13.2. The lowest BCUT2D eigenvalue weighted by Gasteiger charge is -2.21. The molecule has 0 aliphatic carbocycles. The van der Waals surface area contributed by atoms with Crippen LogP contribution in [0.5, 0.6) is 5.75 Å². The summed E-state index contributed by atoms with van der Waals surface area (Å²) in [5.74, 6) is 0.946. The van der Waals surface area contributed by atoms with Gasteiger partial charge in [0.15, 0.2) is 4.67 Å². The molecule has 0 aliphatic heterocycles. The van der Waals surface area contributed by atoms with Crippen molar-refractivity contribution in [2.75, 3.05) is 0 Å². The van der Waals surface area contributed by atoms with Crippen molar-refractivity contribution in [3.05, 3.63) is 52.4 Å². The van der Waals surface area contributed by atoms with Crippen LogP contribution in [0.2, 0.25) is 0 Å². The van der Waals surface area contributed by atoms with E-state index in [0.717, 1.165) is 5.76 Å². The second kappa shape index (κ2) is 7.04. The topological polar surface area (TPSA) is 34.4 Å². The van der Waals surface area contributed by atoms with Gasteiger partial charge in [-0.3, -0.25) is 0 Å². The van der Waals surface area contributed by atoms with Gasteiger partial charge in [0, 0.05) is 11.6 Å². The van der Waals surface area contributed by atoms with Crippen molar-refractivity contribution >= 4 is 15.9 Å². The molecule has 2 unspecified atom stereocenters. The van der Waals surface area contributed by atoms with Crippen LogP contribution in [-0.4, -0.2) is 6.61 Å². The number of ether oxygens (including phenoxy) is 1. The predicted octanol–water partition coefficient (Wildman–Crippen LogP) is 5.06. The predicted molar refractivity (Wildman–Crippen MR) is 79.4 cm³/mol. The summed E-state index contributed by atoms with van der Waals surface area (Å²) in [4.78, 5) is 0.